The molecule has 9 nitrogen and oxygen atoms in total. The maximum absolute atomic E-state index is 13.9. The number of hydrogen-bond donors (Lipinski definition) is 4. The Morgan fingerprint density at radius 3 is 2.50 bits per heavy atom. The minimum absolute atomic E-state index is 0.238. The molecule has 2 aromatic carbocycles. The highest BCUT2D eigenvalue weighted by molar-refractivity contribution is 7.15. The van der Waals surface area contributed by atoms with Crippen LogP contribution in [0.4, 0.5) is 10.8 Å². The van der Waals surface area contributed by atoms with Crippen LogP contribution in [0, 0.1) is 0 Å². The molecule has 2 amide bonds. The van der Waals surface area contributed by atoms with Crippen molar-refractivity contribution in [1.82, 2.24) is 14.9 Å². The van der Waals surface area contributed by atoms with E-state index in [-0.39, 0.29) is 11.8 Å². The van der Waals surface area contributed by atoms with Gasteiger partial charge in [0.15, 0.2) is 5.13 Å². The SMILES string of the molecule is Nc1nc2c(s1)CCCn1c-2c(C2CCCCC2)c2ccc(C(=O)NC3(C(=O)Nc4ccc(/C=C/C(=O)O)cc4)CCCC3)cc21. The van der Waals surface area contributed by atoms with E-state index in [9.17, 15) is 14.4 Å². The summed E-state index contributed by atoms with van der Waals surface area (Å²) >= 11 is 1.59. The number of rotatable bonds is 7. The molecule has 2 saturated carbocycles. The minimum Gasteiger partial charge on any atom is -0.478 e. The van der Waals surface area contributed by atoms with E-state index in [1.165, 1.54) is 46.9 Å². The van der Waals surface area contributed by atoms with Crippen LogP contribution in [0.1, 0.15) is 96.5 Å². The van der Waals surface area contributed by atoms with Gasteiger partial charge in [-0.25, -0.2) is 9.78 Å². The lowest BCUT2D eigenvalue weighted by atomic mass is 9.82. The normalized spacial score (nSPS) is 17.8. The predicted molar refractivity (Wildman–Crippen MR) is 182 cm³/mol. The molecule has 2 aliphatic carbocycles. The summed E-state index contributed by atoms with van der Waals surface area (Å²) in [5, 5.41) is 16.8. The van der Waals surface area contributed by atoms with Gasteiger partial charge in [0.1, 0.15) is 11.2 Å². The molecule has 2 aromatic heterocycles. The topological polar surface area (TPSA) is 139 Å². The second kappa shape index (κ2) is 12.4. The molecule has 4 aromatic rings. The van der Waals surface area contributed by atoms with E-state index in [0.717, 1.165) is 62.4 Å². The van der Waals surface area contributed by atoms with Gasteiger partial charge in [-0.15, -0.1) is 11.3 Å². The van der Waals surface area contributed by atoms with Gasteiger partial charge < -0.3 is 26.0 Å². The quantitative estimate of drug-likeness (QED) is 0.159. The number of carbonyl (C=O) groups excluding carboxylic acids is 2. The summed E-state index contributed by atoms with van der Waals surface area (Å²) in [4.78, 5) is 44.6. The highest BCUT2D eigenvalue weighted by Gasteiger charge is 2.43. The number of carbonyl (C=O) groups is 3. The molecule has 2 fully saturated rings. The first-order valence-electron chi connectivity index (χ1n) is 16.4. The van der Waals surface area contributed by atoms with Crippen molar-refractivity contribution in [3.63, 3.8) is 0 Å². The van der Waals surface area contributed by atoms with Crippen LogP contribution in [0.5, 0.6) is 0 Å². The van der Waals surface area contributed by atoms with E-state index in [1.807, 2.05) is 12.1 Å². The number of nitrogen functional groups attached to an aromatic ring is 1. The monoisotopic (exact) mass is 637 g/mol. The number of amides is 2. The first kappa shape index (κ1) is 30.2. The van der Waals surface area contributed by atoms with Crippen LogP contribution in [-0.4, -0.2) is 38.0 Å². The third kappa shape index (κ3) is 5.70. The zero-order valence-corrected chi connectivity index (χ0v) is 26.6. The van der Waals surface area contributed by atoms with Gasteiger partial charge in [0.25, 0.3) is 5.91 Å². The molecule has 0 spiro atoms. The number of hydrogen-bond acceptors (Lipinski definition) is 6. The smallest absolute Gasteiger partial charge is 0.328 e. The molecule has 0 saturated heterocycles. The fourth-order valence-corrected chi connectivity index (χ4v) is 8.58. The summed E-state index contributed by atoms with van der Waals surface area (Å²) in [6.45, 7) is 0.851. The summed E-state index contributed by atoms with van der Waals surface area (Å²) in [5.41, 5.74) is 11.7. The number of fused-ring (bicyclic) bond motifs is 5. The first-order valence-corrected chi connectivity index (χ1v) is 17.2. The Balaban J connectivity index is 1.19. The maximum atomic E-state index is 13.9. The number of benzene rings is 2. The molecule has 0 radical (unpaired) electrons. The molecule has 238 valence electrons. The summed E-state index contributed by atoms with van der Waals surface area (Å²) in [7, 11) is 0. The average molecular weight is 638 g/mol. The highest BCUT2D eigenvalue weighted by atomic mass is 32.1. The molecule has 3 heterocycles. The summed E-state index contributed by atoms with van der Waals surface area (Å²) in [5.74, 6) is -1.06. The Morgan fingerprint density at radius 1 is 1.00 bits per heavy atom. The lowest BCUT2D eigenvalue weighted by Gasteiger charge is -2.29. The molecule has 5 N–H and O–H groups in total. The molecular weight excluding hydrogens is 598 g/mol. The second-order valence-electron chi connectivity index (χ2n) is 12.9. The Hall–Kier alpha value is -4.44. The van der Waals surface area contributed by atoms with Crippen LogP contribution in [-0.2, 0) is 22.6 Å². The average Bonchev–Trinajstić information content (AvgIpc) is 3.74. The van der Waals surface area contributed by atoms with Gasteiger partial charge in [0.05, 0.1) is 5.69 Å². The molecule has 3 aliphatic rings. The highest BCUT2D eigenvalue weighted by Crippen LogP contribution is 2.47. The first-order chi connectivity index (χ1) is 22.3. The number of nitrogens with two attached hydrogens (primary N) is 1. The molecular formula is C36H39N5O4S. The molecule has 0 bridgehead atoms. The standard InChI is InChI=1S/C36H39N5O4S/c37-35-39-31-28(46-35)9-6-20-41-27-21-24(13-16-26(27)30(32(31)41)23-7-2-1-3-8-23)33(44)40-36(18-4-5-19-36)34(45)38-25-14-10-22(11-15-25)12-17-29(42)43/h10-17,21,23H,1-9,18-20H2,(H2,37,39)(H,38,45)(H,40,44)(H,42,43)/b17-12+. The van der Waals surface area contributed by atoms with Crippen molar-refractivity contribution < 1.29 is 19.5 Å². The van der Waals surface area contributed by atoms with E-state index in [4.69, 9.17) is 15.8 Å². The van der Waals surface area contributed by atoms with Crippen LogP contribution in [0.15, 0.2) is 48.5 Å². The number of carboxylic acid groups (broad SMARTS) is 1. The number of nitrogens with zero attached hydrogens (tertiary/aromatic N) is 2. The number of aliphatic carboxylic acids is 1. The molecule has 1 aliphatic heterocycles. The zero-order chi connectivity index (χ0) is 31.8. The van der Waals surface area contributed by atoms with Crippen molar-refractivity contribution >= 4 is 56.9 Å². The Bertz CT molecular complexity index is 1840. The fraction of sp³-hybridized carbons (Fsp3) is 0.389. The van der Waals surface area contributed by atoms with Crippen molar-refractivity contribution in [2.75, 3.05) is 11.1 Å². The van der Waals surface area contributed by atoms with Crippen LogP contribution in [0.2, 0.25) is 0 Å². The van der Waals surface area contributed by atoms with E-state index in [0.29, 0.717) is 40.7 Å². The second-order valence-corrected chi connectivity index (χ2v) is 14.0. The fourth-order valence-electron chi connectivity index (χ4n) is 7.70. The van der Waals surface area contributed by atoms with Gasteiger partial charge in [0.2, 0.25) is 5.91 Å². The van der Waals surface area contributed by atoms with Gasteiger partial charge in [-0.3, -0.25) is 9.59 Å². The number of nitrogens with one attached hydrogen (secondary N) is 2. The third-order valence-corrected chi connectivity index (χ3v) is 10.9. The van der Waals surface area contributed by atoms with Crippen LogP contribution in [0.3, 0.4) is 0 Å². The van der Waals surface area contributed by atoms with E-state index in [2.05, 4.69) is 21.3 Å². The number of thiazole rings is 1. The van der Waals surface area contributed by atoms with Crippen molar-refractivity contribution in [1.29, 1.82) is 0 Å². The van der Waals surface area contributed by atoms with Crippen molar-refractivity contribution in [3.05, 3.63) is 70.1 Å². The molecule has 0 unspecified atom stereocenters. The largest absolute Gasteiger partial charge is 0.478 e. The van der Waals surface area contributed by atoms with Gasteiger partial charge in [0, 0.05) is 39.7 Å². The van der Waals surface area contributed by atoms with Gasteiger partial charge >= 0.3 is 5.97 Å². The zero-order valence-electron chi connectivity index (χ0n) is 25.8. The molecule has 10 heteroatoms. The van der Waals surface area contributed by atoms with Crippen molar-refractivity contribution in [3.8, 4) is 11.4 Å². The van der Waals surface area contributed by atoms with Gasteiger partial charge in [-0.05, 0) is 85.9 Å². The summed E-state index contributed by atoms with van der Waals surface area (Å²) in [6.07, 6.45) is 13.3. The predicted octanol–water partition coefficient (Wildman–Crippen LogP) is 7.12. The van der Waals surface area contributed by atoms with Gasteiger partial charge in [-0.1, -0.05) is 50.3 Å². The van der Waals surface area contributed by atoms with E-state index >= 15 is 0 Å². The van der Waals surface area contributed by atoms with E-state index in [1.54, 1.807) is 35.6 Å². The van der Waals surface area contributed by atoms with Crippen LogP contribution < -0.4 is 16.4 Å². The lowest BCUT2D eigenvalue weighted by molar-refractivity contribution is -0.131. The van der Waals surface area contributed by atoms with Crippen LogP contribution >= 0.6 is 11.3 Å². The molecule has 7 rings (SSSR count). The van der Waals surface area contributed by atoms with E-state index < -0.39 is 11.5 Å². The van der Waals surface area contributed by atoms with Crippen molar-refractivity contribution in [2.45, 2.75) is 88.6 Å². The Morgan fingerprint density at radius 2 is 1.76 bits per heavy atom. The van der Waals surface area contributed by atoms with Crippen LogP contribution in [0.25, 0.3) is 28.4 Å². The number of carboxylic acids is 1. The third-order valence-electron chi connectivity index (χ3n) is 9.93. The maximum Gasteiger partial charge on any atom is 0.328 e. The Labute approximate surface area is 271 Å². The lowest BCUT2D eigenvalue weighted by Crippen LogP contribution is -2.55. The minimum atomic E-state index is -1.02. The summed E-state index contributed by atoms with van der Waals surface area (Å²) < 4.78 is 2.37. The number of aromatic nitrogens is 2. The molecule has 0 atom stereocenters. The molecule has 46 heavy (non-hydrogen) atoms. The van der Waals surface area contributed by atoms with Crippen molar-refractivity contribution in [2.24, 2.45) is 0 Å². The van der Waals surface area contributed by atoms with Gasteiger partial charge in [-0.2, -0.15) is 0 Å². The Kier molecular flexibility index (Phi) is 8.15. The number of aryl methyl sites for hydroxylation is 2. The number of anilines is 2. The summed E-state index contributed by atoms with van der Waals surface area (Å²) in [6, 6.07) is 13.0.